The Morgan fingerprint density at radius 1 is 1.31 bits per heavy atom. The number of benzene rings is 1. The number of carbonyl (C=O) groups is 1. The maximum absolute atomic E-state index is 11.4. The molecule has 16 heavy (non-hydrogen) atoms. The Bertz CT molecular complexity index is 453. The predicted molar refractivity (Wildman–Crippen MR) is 57.7 cm³/mol. The summed E-state index contributed by atoms with van der Waals surface area (Å²) in [5.74, 6) is -0.700. The third-order valence-electron chi connectivity index (χ3n) is 1.71. The zero-order valence-corrected chi connectivity index (χ0v) is 12.6. The Hall–Kier alpha value is 0.150. The van der Waals surface area contributed by atoms with Crippen molar-refractivity contribution in [1.82, 2.24) is 0 Å². The summed E-state index contributed by atoms with van der Waals surface area (Å²) in [6.07, 6.45) is 0. The van der Waals surface area contributed by atoms with Crippen LogP contribution < -0.4 is 29.6 Å². The Morgan fingerprint density at radius 3 is 2.25 bits per heavy atom. The van der Waals surface area contributed by atoms with Gasteiger partial charge in [0.15, 0.2) is 5.78 Å². The summed E-state index contributed by atoms with van der Waals surface area (Å²) >= 11 is 0. The molecule has 0 bridgehead atoms. The van der Waals surface area contributed by atoms with E-state index in [-0.39, 0.29) is 51.9 Å². The van der Waals surface area contributed by atoms with Gasteiger partial charge in [0, 0.05) is 5.56 Å². The third kappa shape index (κ3) is 6.03. The summed E-state index contributed by atoms with van der Waals surface area (Å²) in [6, 6.07) is 6.72. The molecule has 0 aliphatic carbocycles. The first-order chi connectivity index (χ1) is 6.88. The second-order valence-electron chi connectivity index (χ2n) is 2.96. The molecule has 0 atom stereocenters. The number of carbonyl (C=O) groups excluding carboxylic acids is 1. The molecule has 0 radical (unpaired) electrons. The summed E-state index contributed by atoms with van der Waals surface area (Å²) in [6.45, 7) is 1.88. The van der Waals surface area contributed by atoms with Crippen LogP contribution in [-0.2, 0) is 9.15 Å². The maximum atomic E-state index is 11.4. The van der Waals surface area contributed by atoms with E-state index in [1.807, 2.05) is 6.92 Å². The molecule has 4 nitrogen and oxygen atoms in total. The maximum Gasteiger partial charge on any atom is 1.00 e. The Morgan fingerprint density at radius 2 is 1.81 bits per heavy atom. The second-order valence-corrected chi connectivity index (χ2v) is 6.23. The van der Waals surface area contributed by atoms with Gasteiger partial charge in [0.2, 0.25) is 0 Å². The fraction of sp³-hybridized carbons (Fsp3) is 0.222. The van der Waals surface area contributed by atoms with Crippen molar-refractivity contribution < 1.29 is 47.3 Å². The first kappa shape index (κ1) is 16.1. The molecule has 0 N–H and O–H groups in total. The first-order valence-corrected chi connectivity index (χ1v) is 7.00. The van der Waals surface area contributed by atoms with Gasteiger partial charge in [0.25, 0.3) is 0 Å². The standard InChI is InChI=1S/C9H10O4S2.Na/c1-7-2-4-8(5-3-7)9(10)6-14-15(11,12)13;/h2-5H,6H2,1H3,(H,11,12,13);/q;+1/p-1. The van der Waals surface area contributed by atoms with Gasteiger partial charge in [-0.15, -0.1) is 0 Å². The van der Waals surface area contributed by atoms with Crippen molar-refractivity contribution >= 4 is 25.7 Å². The second kappa shape index (κ2) is 6.78. The SMILES string of the molecule is Cc1ccc(C(=O)CSS(=O)(=O)[O-])cc1.[Na+]. The van der Waals surface area contributed by atoms with Crippen molar-refractivity contribution in [3.63, 3.8) is 0 Å². The van der Waals surface area contributed by atoms with Gasteiger partial charge in [-0.05, 0) is 17.7 Å². The Balaban J connectivity index is 0.00000225. The molecule has 0 aliphatic heterocycles. The van der Waals surface area contributed by atoms with Crippen LogP contribution in [0.1, 0.15) is 15.9 Å². The van der Waals surface area contributed by atoms with E-state index in [1.54, 1.807) is 24.3 Å². The summed E-state index contributed by atoms with van der Waals surface area (Å²) in [4.78, 5) is 11.4. The molecule has 0 heterocycles. The van der Waals surface area contributed by atoms with E-state index >= 15 is 0 Å². The molecular formula is C9H9NaO4S2. The van der Waals surface area contributed by atoms with Gasteiger partial charge in [-0.1, -0.05) is 29.8 Å². The molecule has 7 heteroatoms. The smallest absolute Gasteiger partial charge is 0.739 e. The quantitative estimate of drug-likeness (QED) is 0.284. The van der Waals surface area contributed by atoms with Crippen molar-refractivity contribution in [1.29, 1.82) is 0 Å². The first-order valence-electron chi connectivity index (χ1n) is 4.08. The van der Waals surface area contributed by atoms with E-state index < -0.39 is 9.15 Å². The van der Waals surface area contributed by atoms with Gasteiger partial charge in [-0.2, -0.15) is 0 Å². The van der Waals surface area contributed by atoms with Gasteiger partial charge in [-0.25, -0.2) is 8.42 Å². The number of rotatable bonds is 4. The van der Waals surface area contributed by atoms with Crippen LogP contribution in [0.15, 0.2) is 24.3 Å². The van der Waals surface area contributed by atoms with Crippen LogP contribution in [-0.4, -0.2) is 24.5 Å². The fourth-order valence-corrected chi connectivity index (χ4v) is 2.12. The van der Waals surface area contributed by atoms with Crippen LogP contribution in [0.2, 0.25) is 0 Å². The fourth-order valence-electron chi connectivity index (χ4n) is 0.948. The number of hydrogen-bond donors (Lipinski definition) is 0. The average Bonchev–Trinajstić information content (AvgIpc) is 2.14. The van der Waals surface area contributed by atoms with Crippen LogP contribution in [0, 0.1) is 6.92 Å². The van der Waals surface area contributed by atoms with E-state index in [1.165, 1.54) is 0 Å². The van der Waals surface area contributed by atoms with Gasteiger partial charge in [0.05, 0.1) is 5.75 Å². The Labute approximate surface area is 120 Å². The molecule has 0 saturated carbocycles. The molecular weight excluding hydrogens is 259 g/mol. The Kier molecular flexibility index (Phi) is 6.84. The number of aryl methyl sites for hydroxylation is 1. The molecule has 1 aromatic rings. The monoisotopic (exact) mass is 268 g/mol. The molecule has 82 valence electrons. The normalized spacial score (nSPS) is 10.6. The van der Waals surface area contributed by atoms with Crippen LogP contribution in [0.5, 0.6) is 0 Å². The van der Waals surface area contributed by atoms with Crippen molar-refractivity contribution in [2.45, 2.75) is 6.92 Å². The van der Waals surface area contributed by atoms with E-state index in [4.69, 9.17) is 0 Å². The van der Waals surface area contributed by atoms with E-state index in [2.05, 4.69) is 0 Å². The summed E-state index contributed by atoms with van der Waals surface area (Å²) < 4.78 is 30.8. The van der Waals surface area contributed by atoms with E-state index in [0.717, 1.165) is 5.56 Å². The average molecular weight is 268 g/mol. The van der Waals surface area contributed by atoms with Gasteiger partial charge in [0.1, 0.15) is 9.15 Å². The van der Waals surface area contributed by atoms with Crippen molar-refractivity contribution in [3.05, 3.63) is 35.4 Å². The predicted octanol–water partition coefficient (Wildman–Crippen LogP) is -1.62. The number of hydrogen-bond acceptors (Lipinski definition) is 5. The minimum absolute atomic E-state index is 0. The molecule has 0 saturated heterocycles. The van der Waals surface area contributed by atoms with Gasteiger partial charge in [-0.3, -0.25) is 4.79 Å². The van der Waals surface area contributed by atoms with Crippen LogP contribution >= 0.6 is 10.8 Å². The van der Waals surface area contributed by atoms with Gasteiger partial charge >= 0.3 is 29.6 Å². The summed E-state index contributed by atoms with van der Waals surface area (Å²) in [5.41, 5.74) is 1.42. The van der Waals surface area contributed by atoms with Crippen LogP contribution in [0.25, 0.3) is 0 Å². The zero-order chi connectivity index (χ0) is 11.5. The molecule has 0 unspecified atom stereocenters. The van der Waals surface area contributed by atoms with Crippen LogP contribution in [0.4, 0.5) is 0 Å². The third-order valence-corrected chi connectivity index (χ3v) is 3.60. The van der Waals surface area contributed by atoms with E-state index in [0.29, 0.717) is 5.56 Å². The molecule has 0 amide bonds. The topological polar surface area (TPSA) is 74.3 Å². The summed E-state index contributed by atoms with van der Waals surface area (Å²) in [7, 11) is -4.28. The molecule has 0 aromatic heterocycles. The minimum Gasteiger partial charge on any atom is -0.739 e. The summed E-state index contributed by atoms with van der Waals surface area (Å²) in [5, 5.41) is 0. The molecule has 1 aromatic carbocycles. The van der Waals surface area contributed by atoms with Gasteiger partial charge < -0.3 is 4.55 Å². The molecule has 0 aliphatic rings. The van der Waals surface area contributed by atoms with E-state index in [9.17, 15) is 17.8 Å². The molecule has 0 spiro atoms. The van der Waals surface area contributed by atoms with Crippen LogP contribution in [0.3, 0.4) is 0 Å². The van der Waals surface area contributed by atoms with Crippen molar-refractivity contribution in [2.24, 2.45) is 0 Å². The number of ketones is 1. The number of Topliss-reactive ketones (excluding diaryl/α,β-unsaturated/α-hetero) is 1. The van der Waals surface area contributed by atoms with Crippen molar-refractivity contribution in [3.8, 4) is 0 Å². The largest absolute Gasteiger partial charge is 1.00 e. The molecule has 1 rings (SSSR count). The zero-order valence-electron chi connectivity index (χ0n) is 8.97. The minimum atomic E-state index is -4.39. The molecule has 0 fully saturated rings. The van der Waals surface area contributed by atoms with Crippen molar-refractivity contribution in [2.75, 3.05) is 5.75 Å².